The second kappa shape index (κ2) is 7.40. The molecule has 3 aromatic rings. The lowest BCUT2D eigenvalue weighted by Crippen LogP contribution is -2.27. The summed E-state index contributed by atoms with van der Waals surface area (Å²) in [6, 6.07) is 18.5. The lowest BCUT2D eigenvalue weighted by atomic mass is 10.2. The van der Waals surface area contributed by atoms with Gasteiger partial charge in [-0.3, -0.25) is 4.79 Å². The number of para-hydroxylation sites is 1. The molecule has 0 aliphatic rings. The van der Waals surface area contributed by atoms with E-state index in [0.717, 1.165) is 5.56 Å². The van der Waals surface area contributed by atoms with Crippen molar-refractivity contribution in [2.24, 2.45) is 0 Å². The van der Waals surface area contributed by atoms with Gasteiger partial charge >= 0.3 is 5.97 Å². The van der Waals surface area contributed by atoms with Crippen molar-refractivity contribution in [3.63, 3.8) is 0 Å². The molecule has 6 nitrogen and oxygen atoms in total. The number of aliphatic carboxylic acids is 1. The summed E-state index contributed by atoms with van der Waals surface area (Å²) in [4.78, 5) is 23.6. The quantitative estimate of drug-likeness (QED) is 0.612. The van der Waals surface area contributed by atoms with Crippen molar-refractivity contribution in [3.05, 3.63) is 83.8 Å². The number of hydrogen-bond donors (Lipinski definition) is 3. The van der Waals surface area contributed by atoms with E-state index in [1.165, 1.54) is 18.2 Å². The summed E-state index contributed by atoms with van der Waals surface area (Å²) in [5.41, 5.74) is 0.457. The number of phenols is 1. The van der Waals surface area contributed by atoms with Gasteiger partial charge < -0.3 is 19.9 Å². The van der Waals surface area contributed by atoms with E-state index < -0.39 is 11.9 Å². The van der Waals surface area contributed by atoms with Crippen molar-refractivity contribution in [2.45, 2.75) is 0 Å². The fourth-order valence-electron chi connectivity index (χ4n) is 2.34. The minimum Gasteiger partial charge on any atom is -0.507 e. The lowest BCUT2D eigenvalue weighted by Gasteiger charge is -2.07. The van der Waals surface area contributed by atoms with Crippen LogP contribution in [-0.4, -0.2) is 22.1 Å². The van der Waals surface area contributed by atoms with Gasteiger partial charge in [0.05, 0.1) is 5.56 Å². The number of phenolic OH excluding ortho intramolecular Hbond substituents is 1. The summed E-state index contributed by atoms with van der Waals surface area (Å²) >= 11 is 0. The van der Waals surface area contributed by atoms with Gasteiger partial charge in [-0.2, -0.15) is 0 Å². The first kappa shape index (κ1) is 17.0. The lowest BCUT2D eigenvalue weighted by molar-refractivity contribution is -0.132. The Labute approximate surface area is 149 Å². The molecule has 0 atom stereocenters. The number of amides is 1. The van der Waals surface area contributed by atoms with Crippen molar-refractivity contribution in [3.8, 4) is 17.1 Å². The van der Waals surface area contributed by atoms with Crippen LogP contribution in [0.4, 0.5) is 0 Å². The van der Waals surface area contributed by atoms with E-state index >= 15 is 0 Å². The molecule has 0 spiro atoms. The first-order chi connectivity index (χ1) is 12.5. The van der Waals surface area contributed by atoms with Gasteiger partial charge in [-0.05, 0) is 24.3 Å². The second-order valence-corrected chi connectivity index (χ2v) is 5.40. The highest BCUT2D eigenvalue weighted by atomic mass is 16.4. The van der Waals surface area contributed by atoms with Gasteiger partial charge in [-0.25, -0.2) is 4.79 Å². The van der Waals surface area contributed by atoms with E-state index in [1.807, 2.05) is 30.3 Å². The monoisotopic (exact) mass is 349 g/mol. The Morgan fingerprint density at radius 2 is 1.62 bits per heavy atom. The maximum absolute atomic E-state index is 12.2. The molecule has 0 fully saturated rings. The van der Waals surface area contributed by atoms with Crippen molar-refractivity contribution in [1.29, 1.82) is 0 Å². The Kier molecular flexibility index (Phi) is 4.85. The minimum atomic E-state index is -1.33. The Balaban J connectivity index is 1.84. The fourth-order valence-corrected chi connectivity index (χ4v) is 2.34. The van der Waals surface area contributed by atoms with Crippen LogP contribution in [0.2, 0.25) is 0 Å². The Morgan fingerprint density at radius 3 is 2.31 bits per heavy atom. The molecule has 3 rings (SSSR count). The Morgan fingerprint density at radius 1 is 0.923 bits per heavy atom. The zero-order valence-electron chi connectivity index (χ0n) is 13.5. The molecule has 0 saturated heterocycles. The van der Waals surface area contributed by atoms with Crippen LogP contribution in [0.5, 0.6) is 5.75 Å². The van der Waals surface area contributed by atoms with Gasteiger partial charge in [0.1, 0.15) is 23.0 Å². The minimum absolute atomic E-state index is 0.0240. The number of carbonyl (C=O) groups is 2. The zero-order chi connectivity index (χ0) is 18.5. The molecular weight excluding hydrogens is 334 g/mol. The van der Waals surface area contributed by atoms with E-state index in [-0.39, 0.29) is 22.8 Å². The molecular formula is C20H15NO5. The number of aromatic hydroxyl groups is 1. The molecule has 2 aromatic carbocycles. The van der Waals surface area contributed by atoms with Crippen molar-refractivity contribution in [1.82, 2.24) is 5.32 Å². The molecule has 0 saturated carbocycles. The molecule has 1 amide bonds. The second-order valence-electron chi connectivity index (χ2n) is 5.40. The largest absolute Gasteiger partial charge is 0.507 e. The summed E-state index contributed by atoms with van der Waals surface area (Å²) in [5, 5.41) is 21.3. The summed E-state index contributed by atoms with van der Waals surface area (Å²) in [6.07, 6.45) is 1.21. The van der Waals surface area contributed by atoms with E-state index in [4.69, 9.17) is 4.42 Å². The first-order valence-electron chi connectivity index (χ1n) is 7.74. The standard InChI is InChI=1S/C20H15NO5/c22-17-9-5-4-8-15(17)19(23)21-16(20(24)25)12-14-10-11-18(26-14)13-6-2-1-3-7-13/h1-12,22H,(H,21,23)(H,24,25)/b16-12+. The maximum atomic E-state index is 12.2. The number of carbonyl (C=O) groups excluding carboxylic acids is 1. The summed E-state index contributed by atoms with van der Waals surface area (Å²) in [6.45, 7) is 0. The number of benzene rings is 2. The van der Waals surface area contributed by atoms with Gasteiger partial charge in [0.15, 0.2) is 0 Å². The third-order valence-corrected chi connectivity index (χ3v) is 3.60. The van der Waals surface area contributed by atoms with Crippen LogP contribution in [0.25, 0.3) is 17.4 Å². The number of carboxylic acids is 1. The van der Waals surface area contributed by atoms with E-state index in [2.05, 4.69) is 5.32 Å². The number of hydrogen-bond acceptors (Lipinski definition) is 4. The highest BCUT2D eigenvalue weighted by Crippen LogP contribution is 2.23. The van der Waals surface area contributed by atoms with Crippen LogP contribution >= 0.6 is 0 Å². The molecule has 1 aromatic heterocycles. The highest BCUT2D eigenvalue weighted by molar-refractivity contribution is 6.03. The van der Waals surface area contributed by atoms with Crippen LogP contribution < -0.4 is 5.32 Å². The van der Waals surface area contributed by atoms with E-state index in [1.54, 1.807) is 24.3 Å². The Hall–Kier alpha value is -3.80. The van der Waals surface area contributed by atoms with Crippen LogP contribution in [0.3, 0.4) is 0 Å². The summed E-state index contributed by atoms with van der Waals surface area (Å²) in [5.74, 6) is -1.44. The van der Waals surface area contributed by atoms with Crippen molar-refractivity contribution in [2.75, 3.05) is 0 Å². The third kappa shape index (κ3) is 3.81. The SMILES string of the molecule is O=C(O)/C(=C\c1ccc(-c2ccccc2)o1)NC(=O)c1ccccc1O. The number of carboxylic acid groups (broad SMARTS) is 1. The average Bonchev–Trinajstić information content (AvgIpc) is 3.11. The highest BCUT2D eigenvalue weighted by Gasteiger charge is 2.16. The molecule has 0 aliphatic carbocycles. The van der Waals surface area contributed by atoms with Crippen molar-refractivity contribution < 1.29 is 24.2 Å². The normalized spacial score (nSPS) is 11.2. The maximum Gasteiger partial charge on any atom is 0.352 e. The van der Waals surface area contributed by atoms with E-state index in [9.17, 15) is 19.8 Å². The molecule has 0 radical (unpaired) electrons. The predicted octanol–water partition coefficient (Wildman–Crippen LogP) is 3.51. The molecule has 1 heterocycles. The molecule has 0 aliphatic heterocycles. The van der Waals surface area contributed by atoms with Crippen LogP contribution in [0.15, 0.2) is 76.8 Å². The van der Waals surface area contributed by atoms with Gasteiger partial charge in [0.2, 0.25) is 0 Å². The van der Waals surface area contributed by atoms with E-state index in [0.29, 0.717) is 5.76 Å². The number of rotatable bonds is 5. The average molecular weight is 349 g/mol. The number of nitrogens with one attached hydrogen (secondary N) is 1. The first-order valence-corrected chi connectivity index (χ1v) is 7.74. The summed E-state index contributed by atoms with van der Waals surface area (Å²) < 4.78 is 5.62. The number of furan rings is 1. The summed E-state index contributed by atoms with van der Waals surface area (Å²) in [7, 11) is 0. The molecule has 3 N–H and O–H groups in total. The van der Waals surface area contributed by atoms with Crippen LogP contribution in [0, 0.1) is 0 Å². The smallest absolute Gasteiger partial charge is 0.352 e. The van der Waals surface area contributed by atoms with Gasteiger partial charge in [-0.1, -0.05) is 42.5 Å². The van der Waals surface area contributed by atoms with Gasteiger partial charge in [-0.15, -0.1) is 0 Å². The zero-order valence-corrected chi connectivity index (χ0v) is 13.5. The van der Waals surface area contributed by atoms with Gasteiger partial charge in [0, 0.05) is 11.6 Å². The van der Waals surface area contributed by atoms with Crippen LogP contribution in [-0.2, 0) is 4.79 Å². The Bertz CT molecular complexity index is 973. The fraction of sp³-hybridized carbons (Fsp3) is 0. The topological polar surface area (TPSA) is 99.8 Å². The molecule has 0 bridgehead atoms. The molecule has 130 valence electrons. The molecule has 26 heavy (non-hydrogen) atoms. The van der Waals surface area contributed by atoms with Crippen LogP contribution in [0.1, 0.15) is 16.1 Å². The third-order valence-electron chi connectivity index (χ3n) is 3.60. The molecule has 0 unspecified atom stereocenters. The van der Waals surface area contributed by atoms with Crippen molar-refractivity contribution >= 4 is 18.0 Å². The van der Waals surface area contributed by atoms with Gasteiger partial charge in [0.25, 0.3) is 5.91 Å². The molecule has 6 heteroatoms. The predicted molar refractivity (Wildman–Crippen MR) is 95.3 cm³/mol.